The third-order valence-corrected chi connectivity index (χ3v) is 6.75. The Kier molecular flexibility index (Phi) is 7.16. The SMILES string of the molecule is CCOc1ccc2c(c1)n(C1CCCC1)c(=O)n2Cc1ccc(NC(=O)Oc2ccccc2)cc1OC. The third-order valence-electron chi connectivity index (χ3n) is 6.75. The Balaban J connectivity index is 1.44. The van der Waals surface area contributed by atoms with Gasteiger partial charge in [0.15, 0.2) is 0 Å². The van der Waals surface area contributed by atoms with Gasteiger partial charge in [0.25, 0.3) is 0 Å². The van der Waals surface area contributed by atoms with Crippen LogP contribution in [-0.2, 0) is 6.54 Å². The zero-order chi connectivity index (χ0) is 25.8. The molecule has 0 aliphatic heterocycles. The maximum atomic E-state index is 13.7. The van der Waals surface area contributed by atoms with E-state index in [4.69, 9.17) is 14.2 Å². The van der Waals surface area contributed by atoms with E-state index in [1.165, 1.54) is 0 Å². The zero-order valence-electron chi connectivity index (χ0n) is 21.1. The topological polar surface area (TPSA) is 83.7 Å². The molecule has 1 amide bonds. The molecule has 192 valence electrons. The van der Waals surface area contributed by atoms with E-state index in [1.807, 2.05) is 41.8 Å². The summed E-state index contributed by atoms with van der Waals surface area (Å²) in [6, 6.07) is 20.2. The molecule has 8 nitrogen and oxygen atoms in total. The van der Waals surface area contributed by atoms with Crippen LogP contribution in [0.2, 0.25) is 0 Å². The molecule has 0 unspecified atom stereocenters. The van der Waals surface area contributed by atoms with Crippen molar-refractivity contribution in [3.05, 3.63) is 82.8 Å². The number of carbonyl (C=O) groups is 1. The number of nitrogens with one attached hydrogen (secondary N) is 1. The van der Waals surface area contributed by atoms with E-state index >= 15 is 0 Å². The summed E-state index contributed by atoms with van der Waals surface area (Å²) in [7, 11) is 1.57. The third kappa shape index (κ3) is 5.18. The second kappa shape index (κ2) is 10.8. The lowest BCUT2D eigenvalue weighted by molar-refractivity contribution is 0.215. The molecule has 37 heavy (non-hydrogen) atoms. The first-order valence-electron chi connectivity index (χ1n) is 12.7. The number of hydrogen-bond acceptors (Lipinski definition) is 5. The Labute approximate surface area is 215 Å². The standard InChI is InChI=1S/C29H31N3O5/c1-3-36-24-15-16-25-26(18-24)32(22-9-7-8-10-22)29(34)31(25)19-20-13-14-21(17-27(20)35-2)30-28(33)37-23-11-5-4-6-12-23/h4-6,11-18,22H,3,7-10,19H2,1-2H3,(H,30,33). The van der Waals surface area contributed by atoms with Crippen LogP contribution in [0.4, 0.5) is 10.5 Å². The highest BCUT2D eigenvalue weighted by atomic mass is 16.6. The quantitative estimate of drug-likeness (QED) is 0.321. The van der Waals surface area contributed by atoms with E-state index in [2.05, 4.69) is 5.32 Å². The normalized spacial score (nSPS) is 13.6. The molecule has 4 aromatic rings. The molecule has 0 bridgehead atoms. The predicted molar refractivity (Wildman–Crippen MR) is 143 cm³/mol. The lowest BCUT2D eigenvalue weighted by Crippen LogP contribution is -2.27. The van der Waals surface area contributed by atoms with Gasteiger partial charge in [-0.2, -0.15) is 0 Å². The molecule has 1 saturated carbocycles. The van der Waals surface area contributed by atoms with Crippen molar-refractivity contribution in [2.45, 2.75) is 45.2 Å². The number of amides is 1. The van der Waals surface area contributed by atoms with Gasteiger partial charge in [0, 0.05) is 29.4 Å². The second-order valence-electron chi connectivity index (χ2n) is 9.11. The van der Waals surface area contributed by atoms with E-state index < -0.39 is 6.09 Å². The van der Waals surface area contributed by atoms with Gasteiger partial charge in [0.05, 0.1) is 31.3 Å². The number of benzene rings is 3. The van der Waals surface area contributed by atoms with Crippen molar-refractivity contribution in [2.75, 3.05) is 19.0 Å². The molecule has 1 heterocycles. The van der Waals surface area contributed by atoms with Crippen LogP contribution < -0.4 is 25.2 Å². The van der Waals surface area contributed by atoms with Crippen LogP contribution in [0.25, 0.3) is 11.0 Å². The van der Waals surface area contributed by atoms with Gasteiger partial charge < -0.3 is 14.2 Å². The fourth-order valence-corrected chi connectivity index (χ4v) is 5.05. The summed E-state index contributed by atoms with van der Waals surface area (Å²) in [5.41, 5.74) is 3.07. The summed E-state index contributed by atoms with van der Waals surface area (Å²) >= 11 is 0. The largest absolute Gasteiger partial charge is 0.496 e. The highest BCUT2D eigenvalue weighted by Crippen LogP contribution is 2.33. The number of fused-ring (bicyclic) bond motifs is 1. The number of carbonyl (C=O) groups excluding carboxylic acids is 1. The molecule has 1 fully saturated rings. The summed E-state index contributed by atoms with van der Waals surface area (Å²) in [6.45, 7) is 2.85. The summed E-state index contributed by atoms with van der Waals surface area (Å²) in [4.78, 5) is 26.0. The van der Waals surface area contributed by atoms with Crippen molar-refractivity contribution in [1.29, 1.82) is 0 Å². The fraction of sp³-hybridized carbons (Fsp3) is 0.310. The van der Waals surface area contributed by atoms with E-state index in [9.17, 15) is 9.59 Å². The maximum Gasteiger partial charge on any atom is 0.417 e. The number of rotatable bonds is 8. The highest BCUT2D eigenvalue weighted by Gasteiger charge is 2.24. The molecule has 1 N–H and O–H groups in total. The summed E-state index contributed by atoms with van der Waals surface area (Å²) < 4.78 is 20.4. The molecule has 1 aromatic heterocycles. The van der Waals surface area contributed by atoms with Crippen LogP contribution >= 0.6 is 0 Å². The van der Waals surface area contributed by atoms with Crippen LogP contribution in [0.3, 0.4) is 0 Å². The molecule has 0 radical (unpaired) electrons. The summed E-state index contributed by atoms with van der Waals surface area (Å²) in [5.74, 6) is 1.78. The molecule has 0 atom stereocenters. The van der Waals surface area contributed by atoms with Gasteiger partial charge in [-0.05, 0) is 50.1 Å². The Bertz CT molecular complexity index is 1450. The summed E-state index contributed by atoms with van der Waals surface area (Å²) in [6.07, 6.45) is 3.66. The summed E-state index contributed by atoms with van der Waals surface area (Å²) in [5, 5.41) is 2.73. The molecular formula is C29H31N3O5. The lowest BCUT2D eigenvalue weighted by Gasteiger charge is -2.13. The number of nitrogens with zero attached hydrogens (tertiary/aromatic N) is 2. The predicted octanol–water partition coefficient (Wildman–Crippen LogP) is 5.98. The Morgan fingerprint density at radius 1 is 0.973 bits per heavy atom. The number of para-hydroxylation sites is 1. The average Bonchev–Trinajstić information content (AvgIpc) is 3.52. The van der Waals surface area contributed by atoms with Crippen LogP contribution in [0.15, 0.2) is 71.5 Å². The molecule has 3 aromatic carbocycles. The second-order valence-corrected chi connectivity index (χ2v) is 9.11. The fourth-order valence-electron chi connectivity index (χ4n) is 5.05. The molecule has 1 aliphatic rings. The van der Waals surface area contributed by atoms with E-state index in [0.717, 1.165) is 48.0 Å². The number of hydrogen-bond donors (Lipinski definition) is 1. The molecule has 1 aliphatic carbocycles. The average molecular weight is 502 g/mol. The van der Waals surface area contributed by atoms with Gasteiger partial charge in [0.2, 0.25) is 0 Å². The zero-order valence-corrected chi connectivity index (χ0v) is 21.1. The Morgan fingerprint density at radius 3 is 2.49 bits per heavy atom. The number of imidazole rings is 1. The number of ether oxygens (including phenoxy) is 3. The lowest BCUT2D eigenvalue weighted by atomic mass is 10.1. The minimum Gasteiger partial charge on any atom is -0.496 e. The van der Waals surface area contributed by atoms with E-state index in [1.54, 1.807) is 48.1 Å². The van der Waals surface area contributed by atoms with Crippen molar-refractivity contribution in [1.82, 2.24) is 9.13 Å². The highest BCUT2D eigenvalue weighted by molar-refractivity contribution is 5.86. The van der Waals surface area contributed by atoms with Gasteiger partial charge in [-0.15, -0.1) is 0 Å². The van der Waals surface area contributed by atoms with Crippen LogP contribution in [0.1, 0.15) is 44.2 Å². The maximum absolute atomic E-state index is 13.7. The Hall–Kier alpha value is -4.20. The van der Waals surface area contributed by atoms with Crippen molar-refractivity contribution in [3.8, 4) is 17.2 Å². The molecule has 5 rings (SSSR count). The minimum absolute atomic E-state index is 0.0359. The van der Waals surface area contributed by atoms with Crippen LogP contribution in [0, 0.1) is 0 Å². The van der Waals surface area contributed by atoms with Crippen molar-refractivity contribution >= 4 is 22.8 Å². The molecule has 0 spiro atoms. The van der Waals surface area contributed by atoms with Gasteiger partial charge in [-0.1, -0.05) is 37.1 Å². The van der Waals surface area contributed by atoms with Gasteiger partial charge in [-0.25, -0.2) is 9.59 Å². The van der Waals surface area contributed by atoms with Crippen LogP contribution in [-0.4, -0.2) is 28.9 Å². The molecule has 0 saturated heterocycles. The number of methoxy groups -OCH3 is 1. The first-order chi connectivity index (χ1) is 18.1. The van der Waals surface area contributed by atoms with Crippen molar-refractivity contribution < 1.29 is 19.0 Å². The van der Waals surface area contributed by atoms with Crippen molar-refractivity contribution in [2.24, 2.45) is 0 Å². The monoisotopic (exact) mass is 501 g/mol. The van der Waals surface area contributed by atoms with Crippen molar-refractivity contribution in [3.63, 3.8) is 0 Å². The van der Waals surface area contributed by atoms with Gasteiger partial charge in [0.1, 0.15) is 17.2 Å². The van der Waals surface area contributed by atoms with E-state index in [0.29, 0.717) is 30.3 Å². The number of aromatic nitrogens is 2. The van der Waals surface area contributed by atoms with Gasteiger partial charge >= 0.3 is 11.8 Å². The minimum atomic E-state index is -0.595. The Morgan fingerprint density at radius 2 is 1.76 bits per heavy atom. The van der Waals surface area contributed by atoms with Crippen LogP contribution in [0.5, 0.6) is 17.2 Å². The smallest absolute Gasteiger partial charge is 0.417 e. The number of anilines is 1. The molecular weight excluding hydrogens is 470 g/mol. The first kappa shape index (κ1) is 24.5. The first-order valence-corrected chi connectivity index (χ1v) is 12.7. The molecule has 8 heteroatoms. The van der Waals surface area contributed by atoms with E-state index in [-0.39, 0.29) is 11.7 Å². The van der Waals surface area contributed by atoms with Gasteiger partial charge in [-0.3, -0.25) is 14.5 Å².